The van der Waals surface area contributed by atoms with E-state index in [2.05, 4.69) is 4.84 Å². The highest BCUT2D eigenvalue weighted by atomic mass is 16.9. The number of hydrogen-bond acceptors (Lipinski definition) is 3. The van der Waals surface area contributed by atoms with Crippen LogP contribution < -0.4 is 0 Å². The van der Waals surface area contributed by atoms with Crippen molar-refractivity contribution in [2.24, 2.45) is 0 Å². The van der Waals surface area contributed by atoms with Crippen LogP contribution in [-0.4, -0.2) is 11.7 Å². The minimum Gasteiger partial charge on any atom is -0.313 e. The first-order valence-corrected chi connectivity index (χ1v) is 4.56. The van der Waals surface area contributed by atoms with Crippen molar-refractivity contribution in [1.29, 1.82) is 0 Å². The molecule has 4 heteroatoms. The maximum atomic E-state index is 10.1. The molecule has 0 spiro atoms. The van der Waals surface area contributed by atoms with E-state index in [4.69, 9.17) is 0 Å². The Labute approximate surface area is 81.6 Å². The van der Waals surface area contributed by atoms with E-state index in [0.29, 0.717) is 0 Å². The standard InChI is InChI=1S/C10H11NO3/c12-11(13)14-8-10(6-7-10)9-4-2-1-3-5-9/h1-5H,6-8H2. The Hall–Kier alpha value is -1.58. The zero-order valence-electron chi connectivity index (χ0n) is 7.68. The summed E-state index contributed by atoms with van der Waals surface area (Å²) in [7, 11) is 0. The largest absolute Gasteiger partial charge is 0.313 e. The maximum absolute atomic E-state index is 10.1. The lowest BCUT2D eigenvalue weighted by Gasteiger charge is -2.13. The molecule has 0 N–H and O–H groups in total. The van der Waals surface area contributed by atoms with Crippen LogP contribution in [0.3, 0.4) is 0 Å². The van der Waals surface area contributed by atoms with Gasteiger partial charge < -0.3 is 4.84 Å². The van der Waals surface area contributed by atoms with Gasteiger partial charge in [0.2, 0.25) is 0 Å². The van der Waals surface area contributed by atoms with Crippen molar-refractivity contribution in [2.45, 2.75) is 18.3 Å². The number of benzene rings is 1. The molecule has 0 amide bonds. The van der Waals surface area contributed by atoms with Crippen LogP contribution in [0, 0.1) is 10.1 Å². The lowest BCUT2D eigenvalue weighted by atomic mass is 9.97. The van der Waals surface area contributed by atoms with Gasteiger partial charge in [0, 0.05) is 5.41 Å². The highest BCUT2D eigenvalue weighted by Crippen LogP contribution is 2.48. The summed E-state index contributed by atoms with van der Waals surface area (Å²) in [5.41, 5.74) is 1.05. The predicted molar refractivity (Wildman–Crippen MR) is 50.3 cm³/mol. The molecule has 14 heavy (non-hydrogen) atoms. The fourth-order valence-electron chi connectivity index (χ4n) is 1.64. The van der Waals surface area contributed by atoms with E-state index in [1.54, 1.807) is 0 Å². The van der Waals surface area contributed by atoms with E-state index in [1.165, 1.54) is 0 Å². The normalized spacial score (nSPS) is 17.4. The van der Waals surface area contributed by atoms with Crippen molar-refractivity contribution in [3.05, 3.63) is 46.0 Å². The van der Waals surface area contributed by atoms with Crippen LogP contribution in [-0.2, 0) is 10.3 Å². The van der Waals surface area contributed by atoms with Gasteiger partial charge >= 0.3 is 0 Å². The summed E-state index contributed by atoms with van der Waals surface area (Å²) in [4.78, 5) is 14.5. The molecule has 4 nitrogen and oxygen atoms in total. The SMILES string of the molecule is O=[N+]([O-])OCC1(c2ccccc2)CC1. The van der Waals surface area contributed by atoms with E-state index in [0.717, 1.165) is 18.4 Å². The third-order valence-electron chi connectivity index (χ3n) is 2.69. The van der Waals surface area contributed by atoms with Crippen LogP contribution in [0.1, 0.15) is 18.4 Å². The Kier molecular flexibility index (Phi) is 2.11. The molecule has 2 rings (SSSR count). The van der Waals surface area contributed by atoms with Gasteiger partial charge in [-0.25, -0.2) is 0 Å². The minimum absolute atomic E-state index is 0.0890. The molecule has 74 valence electrons. The summed E-state index contributed by atoms with van der Waals surface area (Å²) in [6.07, 6.45) is 1.95. The first kappa shape index (κ1) is 8.99. The van der Waals surface area contributed by atoms with Crippen molar-refractivity contribution >= 4 is 0 Å². The van der Waals surface area contributed by atoms with Crippen LogP contribution in [0.4, 0.5) is 0 Å². The highest BCUT2D eigenvalue weighted by molar-refractivity contribution is 5.30. The molecule has 0 radical (unpaired) electrons. The zero-order valence-corrected chi connectivity index (χ0v) is 7.68. The molecule has 1 aromatic carbocycles. The van der Waals surface area contributed by atoms with Crippen molar-refractivity contribution < 1.29 is 9.92 Å². The molecule has 0 bridgehead atoms. The summed E-state index contributed by atoms with van der Waals surface area (Å²) in [5.74, 6) is 0. The van der Waals surface area contributed by atoms with Gasteiger partial charge in [-0.3, -0.25) is 0 Å². The summed E-state index contributed by atoms with van der Waals surface area (Å²) < 4.78 is 0. The molecule has 0 aromatic heterocycles. The third-order valence-corrected chi connectivity index (χ3v) is 2.69. The average molecular weight is 193 g/mol. The van der Waals surface area contributed by atoms with E-state index in [9.17, 15) is 10.1 Å². The molecule has 1 saturated carbocycles. The van der Waals surface area contributed by atoms with Gasteiger partial charge in [-0.2, -0.15) is 0 Å². The van der Waals surface area contributed by atoms with Crippen LogP contribution in [0.2, 0.25) is 0 Å². The lowest BCUT2D eigenvalue weighted by Crippen LogP contribution is -2.17. The molecule has 0 aliphatic heterocycles. The number of rotatable bonds is 4. The molecule has 1 aromatic rings. The van der Waals surface area contributed by atoms with Gasteiger partial charge in [-0.05, 0) is 18.4 Å². The smallest absolute Gasteiger partial charge is 0.294 e. The topological polar surface area (TPSA) is 52.4 Å². The summed E-state index contributed by atoms with van der Waals surface area (Å²) in [6.45, 7) is 0.185. The molecule has 0 heterocycles. The molecule has 0 saturated heterocycles. The number of hydrogen-bond donors (Lipinski definition) is 0. The van der Waals surface area contributed by atoms with E-state index < -0.39 is 5.09 Å². The van der Waals surface area contributed by atoms with Gasteiger partial charge in [-0.15, -0.1) is 10.1 Å². The van der Waals surface area contributed by atoms with Crippen LogP contribution >= 0.6 is 0 Å². The minimum atomic E-state index is -0.719. The van der Waals surface area contributed by atoms with Gasteiger partial charge in [-0.1, -0.05) is 30.3 Å². The molecular weight excluding hydrogens is 182 g/mol. The first-order chi connectivity index (χ1) is 6.73. The van der Waals surface area contributed by atoms with Crippen molar-refractivity contribution in [1.82, 2.24) is 0 Å². The molecule has 1 aliphatic rings. The fraction of sp³-hybridized carbons (Fsp3) is 0.400. The van der Waals surface area contributed by atoms with Crippen molar-refractivity contribution in [3.8, 4) is 0 Å². The van der Waals surface area contributed by atoms with Crippen LogP contribution in [0.5, 0.6) is 0 Å². The van der Waals surface area contributed by atoms with E-state index in [-0.39, 0.29) is 12.0 Å². The Morgan fingerprint density at radius 2 is 2.00 bits per heavy atom. The van der Waals surface area contributed by atoms with Gasteiger partial charge in [0.15, 0.2) is 0 Å². The zero-order chi connectivity index (χ0) is 10.0. The average Bonchev–Trinajstić information content (AvgIpc) is 2.97. The lowest BCUT2D eigenvalue weighted by molar-refractivity contribution is -0.759. The predicted octanol–water partition coefficient (Wildman–Crippen LogP) is 1.93. The Morgan fingerprint density at radius 1 is 1.36 bits per heavy atom. The van der Waals surface area contributed by atoms with E-state index >= 15 is 0 Å². The second-order valence-electron chi connectivity index (χ2n) is 3.64. The van der Waals surface area contributed by atoms with Crippen LogP contribution in [0.25, 0.3) is 0 Å². The summed E-state index contributed by atoms with van der Waals surface area (Å²) in [6, 6.07) is 9.82. The quantitative estimate of drug-likeness (QED) is 0.542. The summed E-state index contributed by atoms with van der Waals surface area (Å²) in [5, 5.41) is 9.37. The van der Waals surface area contributed by atoms with Crippen LogP contribution in [0.15, 0.2) is 30.3 Å². The second kappa shape index (κ2) is 3.29. The fourth-order valence-corrected chi connectivity index (χ4v) is 1.64. The molecule has 1 fully saturated rings. The molecule has 1 aliphatic carbocycles. The van der Waals surface area contributed by atoms with Gasteiger partial charge in [0.25, 0.3) is 5.09 Å². The number of nitrogens with zero attached hydrogens (tertiary/aromatic N) is 1. The molecular formula is C10H11NO3. The van der Waals surface area contributed by atoms with Crippen molar-refractivity contribution in [3.63, 3.8) is 0 Å². The Bertz CT molecular complexity index is 332. The molecule has 0 atom stereocenters. The monoisotopic (exact) mass is 193 g/mol. The molecule has 0 unspecified atom stereocenters. The highest BCUT2D eigenvalue weighted by Gasteiger charge is 2.45. The van der Waals surface area contributed by atoms with Crippen molar-refractivity contribution in [2.75, 3.05) is 6.61 Å². The third kappa shape index (κ3) is 1.69. The maximum Gasteiger partial charge on any atom is 0.294 e. The Morgan fingerprint density at radius 3 is 2.50 bits per heavy atom. The Balaban J connectivity index is 2.06. The van der Waals surface area contributed by atoms with Gasteiger partial charge in [0.05, 0.1) is 0 Å². The van der Waals surface area contributed by atoms with Gasteiger partial charge in [0.1, 0.15) is 6.61 Å². The second-order valence-corrected chi connectivity index (χ2v) is 3.64. The summed E-state index contributed by atoms with van der Waals surface area (Å²) >= 11 is 0. The van der Waals surface area contributed by atoms with E-state index in [1.807, 2.05) is 30.3 Å². The first-order valence-electron chi connectivity index (χ1n) is 4.56.